The average molecular weight is 584 g/mol. The summed E-state index contributed by atoms with van der Waals surface area (Å²) in [5.41, 5.74) is 1.20. The Kier molecular flexibility index (Phi) is 7.39. The molecule has 236 valence electrons. The van der Waals surface area contributed by atoms with Gasteiger partial charge in [-0.2, -0.15) is 0 Å². The molecule has 1 amide bonds. The molecule has 5 aliphatic carbocycles. The third kappa shape index (κ3) is 4.50. The van der Waals surface area contributed by atoms with E-state index in [0.717, 1.165) is 56.9 Å². The van der Waals surface area contributed by atoms with Crippen LogP contribution in [0.4, 0.5) is 4.79 Å². The zero-order valence-electron chi connectivity index (χ0n) is 28.3. The van der Waals surface area contributed by atoms with Gasteiger partial charge in [-0.05, 0) is 123 Å². The molecule has 0 spiro atoms. The summed E-state index contributed by atoms with van der Waals surface area (Å²) in [5, 5.41) is 3.30. The van der Waals surface area contributed by atoms with Gasteiger partial charge < -0.3 is 14.8 Å². The maximum Gasteiger partial charge on any atom is 0.408 e. The minimum Gasteiger partial charge on any atom is -0.462 e. The van der Waals surface area contributed by atoms with Crippen LogP contribution in [0.25, 0.3) is 0 Å². The van der Waals surface area contributed by atoms with Crippen LogP contribution in [0.15, 0.2) is 11.1 Å². The number of allylic oxidation sites excluding steroid dienone is 1. The van der Waals surface area contributed by atoms with Crippen molar-refractivity contribution < 1.29 is 23.9 Å². The van der Waals surface area contributed by atoms with Crippen LogP contribution in [0.3, 0.4) is 0 Å². The van der Waals surface area contributed by atoms with Crippen molar-refractivity contribution in [3.63, 3.8) is 0 Å². The van der Waals surface area contributed by atoms with Gasteiger partial charge in [-0.25, -0.2) is 4.79 Å². The third-order valence-corrected chi connectivity index (χ3v) is 13.4. The van der Waals surface area contributed by atoms with Crippen LogP contribution in [0.2, 0.25) is 0 Å². The number of fused-ring (bicyclic) bond motifs is 7. The van der Waals surface area contributed by atoms with E-state index >= 15 is 0 Å². The quantitative estimate of drug-likeness (QED) is 0.339. The Hall–Kier alpha value is -1.85. The van der Waals surface area contributed by atoms with Gasteiger partial charge in [0.15, 0.2) is 5.78 Å². The number of Topliss-reactive ketones (excluding diaryl/α,β-unsaturated/α-hetero) is 1. The Morgan fingerprint density at radius 2 is 1.55 bits per heavy atom. The number of carbonyl (C=O) groups excluding carboxylic acids is 3. The Labute approximate surface area is 254 Å². The van der Waals surface area contributed by atoms with Crippen molar-refractivity contribution >= 4 is 17.8 Å². The number of nitrogens with one attached hydrogen (secondary N) is 1. The van der Waals surface area contributed by atoms with Crippen molar-refractivity contribution in [2.45, 2.75) is 151 Å². The van der Waals surface area contributed by atoms with E-state index in [1.165, 1.54) is 5.57 Å². The lowest BCUT2D eigenvalue weighted by Crippen LogP contribution is -2.67. The molecule has 0 aliphatic heterocycles. The van der Waals surface area contributed by atoms with Gasteiger partial charge in [0.25, 0.3) is 0 Å². The maximum atomic E-state index is 13.7. The van der Waals surface area contributed by atoms with Crippen LogP contribution < -0.4 is 5.32 Å². The highest BCUT2D eigenvalue weighted by Crippen LogP contribution is 2.75. The van der Waals surface area contributed by atoms with Gasteiger partial charge in [0.05, 0.1) is 5.54 Å². The molecule has 42 heavy (non-hydrogen) atoms. The molecular formula is C36H57NO5. The summed E-state index contributed by atoms with van der Waals surface area (Å²) in [5.74, 6) is 1.47. The number of carbonyl (C=O) groups is 3. The van der Waals surface area contributed by atoms with Gasteiger partial charge in [-0.15, -0.1) is 0 Å². The number of alkyl carbamates (subject to hydrolysis) is 1. The second-order valence-corrected chi connectivity index (χ2v) is 17.4. The fraction of sp³-hybridized carbons (Fsp3) is 0.861. The van der Waals surface area contributed by atoms with E-state index in [-0.39, 0.29) is 51.4 Å². The summed E-state index contributed by atoms with van der Waals surface area (Å²) in [6.45, 7) is 23.8. The first kappa shape index (κ1) is 31.6. The molecule has 0 aromatic carbocycles. The van der Waals surface area contributed by atoms with Gasteiger partial charge in [0, 0.05) is 18.8 Å². The summed E-state index contributed by atoms with van der Waals surface area (Å²) in [6.07, 6.45) is 8.14. The van der Waals surface area contributed by atoms with E-state index in [4.69, 9.17) is 9.47 Å². The predicted octanol–water partition coefficient (Wildman–Crippen LogP) is 8.18. The molecule has 5 rings (SSSR count). The summed E-state index contributed by atoms with van der Waals surface area (Å²) in [7, 11) is 0. The minimum atomic E-state index is -0.641. The topological polar surface area (TPSA) is 81.7 Å². The smallest absolute Gasteiger partial charge is 0.408 e. The number of hydrogen-bond acceptors (Lipinski definition) is 5. The molecule has 0 aromatic rings. The highest BCUT2D eigenvalue weighted by Gasteiger charge is 2.70. The van der Waals surface area contributed by atoms with Crippen molar-refractivity contribution in [1.82, 2.24) is 5.32 Å². The number of ketones is 1. The minimum absolute atomic E-state index is 0.0261. The van der Waals surface area contributed by atoms with Crippen LogP contribution in [-0.4, -0.2) is 35.1 Å². The van der Waals surface area contributed by atoms with E-state index in [2.05, 4.69) is 53.8 Å². The summed E-state index contributed by atoms with van der Waals surface area (Å²) >= 11 is 0. The first-order valence-corrected chi connectivity index (χ1v) is 16.7. The van der Waals surface area contributed by atoms with E-state index < -0.39 is 17.2 Å². The van der Waals surface area contributed by atoms with Crippen LogP contribution in [-0.2, 0) is 19.1 Å². The lowest BCUT2D eigenvalue weighted by molar-refractivity contribution is -0.231. The summed E-state index contributed by atoms with van der Waals surface area (Å²) < 4.78 is 11.7. The number of ether oxygens (including phenoxy) is 2. The number of hydrogen-bond donors (Lipinski definition) is 1. The Balaban J connectivity index is 1.53. The molecule has 4 fully saturated rings. The van der Waals surface area contributed by atoms with E-state index in [1.54, 1.807) is 6.92 Å². The number of esters is 1. The lowest BCUT2D eigenvalue weighted by Gasteiger charge is -2.72. The molecule has 0 heterocycles. The Bertz CT molecular complexity index is 1190. The largest absolute Gasteiger partial charge is 0.462 e. The SMILES string of the molecule is CC(=O)O[C@H]1CC[C@@]2(C)C(CC[C@]3(C)[C@@H]2CC[C@@H]2C4=C(C(C)C)C(=O)C[C@]4(NC(=O)OC(C)(C)C)CC[C@]23C)C1(C)C. The van der Waals surface area contributed by atoms with Crippen molar-refractivity contribution in [3.8, 4) is 0 Å². The second-order valence-electron chi connectivity index (χ2n) is 17.4. The molecule has 0 radical (unpaired) electrons. The number of amides is 1. The molecule has 0 aromatic heterocycles. The molecule has 0 bridgehead atoms. The fourth-order valence-corrected chi connectivity index (χ4v) is 11.6. The number of rotatable bonds is 3. The predicted molar refractivity (Wildman–Crippen MR) is 165 cm³/mol. The summed E-state index contributed by atoms with van der Waals surface area (Å²) in [6, 6.07) is 0. The zero-order chi connectivity index (χ0) is 31.3. The molecule has 4 saturated carbocycles. The molecule has 5 aliphatic rings. The second kappa shape index (κ2) is 9.83. The molecule has 6 heteroatoms. The van der Waals surface area contributed by atoms with Crippen molar-refractivity contribution in [2.24, 2.45) is 45.3 Å². The van der Waals surface area contributed by atoms with Gasteiger partial charge in [0.1, 0.15) is 11.7 Å². The maximum absolute atomic E-state index is 13.7. The average Bonchev–Trinajstić information content (AvgIpc) is 3.11. The molecule has 6 nitrogen and oxygen atoms in total. The first-order valence-electron chi connectivity index (χ1n) is 16.7. The summed E-state index contributed by atoms with van der Waals surface area (Å²) in [4.78, 5) is 38.9. The van der Waals surface area contributed by atoms with Crippen LogP contribution in [0.1, 0.15) is 134 Å². The molecular weight excluding hydrogens is 526 g/mol. The molecule has 0 saturated heterocycles. The standard InChI is InChI=1S/C36H57NO5/c1-21(2)28-24(39)20-36(37-30(40)42-31(4,5)6)19-18-34(10)23(29(28)36)12-13-26-33(9)16-15-27(41-22(3)38)32(7,8)25(33)14-17-35(26,34)11/h21,23,25-27H,12-20H2,1-11H3,(H,37,40)/t23-,25?,26-,27+,33+,34-,35-,36-/m1/s1. The van der Waals surface area contributed by atoms with E-state index in [1.807, 2.05) is 20.8 Å². The lowest BCUT2D eigenvalue weighted by atomic mass is 9.33. The molecule has 8 atom stereocenters. The van der Waals surface area contributed by atoms with Crippen molar-refractivity contribution in [2.75, 3.05) is 0 Å². The van der Waals surface area contributed by atoms with Crippen molar-refractivity contribution in [1.29, 1.82) is 0 Å². The molecule has 1 unspecified atom stereocenters. The van der Waals surface area contributed by atoms with E-state index in [0.29, 0.717) is 18.3 Å². The van der Waals surface area contributed by atoms with Crippen LogP contribution in [0, 0.1) is 45.3 Å². The van der Waals surface area contributed by atoms with Gasteiger partial charge in [-0.1, -0.05) is 48.5 Å². The van der Waals surface area contributed by atoms with Crippen LogP contribution in [0.5, 0.6) is 0 Å². The van der Waals surface area contributed by atoms with Gasteiger partial charge in [-0.3, -0.25) is 9.59 Å². The normalized spacial score (nSPS) is 42.7. The monoisotopic (exact) mass is 583 g/mol. The highest BCUT2D eigenvalue weighted by molar-refractivity contribution is 6.02. The zero-order valence-corrected chi connectivity index (χ0v) is 28.3. The fourth-order valence-electron chi connectivity index (χ4n) is 11.6. The van der Waals surface area contributed by atoms with Gasteiger partial charge >= 0.3 is 12.1 Å². The van der Waals surface area contributed by atoms with Gasteiger partial charge in [0.2, 0.25) is 0 Å². The Morgan fingerprint density at radius 3 is 2.14 bits per heavy atom. The highest BCUT2D eigenvalue weighted by atomic mass is 16.6. The first-order chi connectivity index (χ1) is 19.2. The third-order valence-electron chi connectivity index (χ3n) is 13.4. The van der Waals surface area contributed by atoms with Crippen molar-refractivity contribution in [3.05, 3.63) is 11.1 Å². The van der Waals surface area contributed by atoms with E-state index in [9.17, 15) is 14.4 Å². The van der Waals surface area contributed by atoms with Crippen LogP contribution >= 0.6 is 0 Å². The Morgan fingerprint density at radius 1 is 0.881 bits per heavy atom. The molecule has 1 N–H and O–H groups in total.